The number of amidine groups is 1. The molecule has 0 aromatic rings. The Bertz CT molecular complexity index is 316. The maximum absolute atomic E-state index is 8.61. The van der Waals surface area contributed by atoms with Crippen molar-refractivity contribution in [2.75, 3.05) is 32.9 Å². The fourth-order valence-corrected chi connectivity index (χ4v) is 3.08. The van der Waals surface area contributed by atoms with Crippen LogP contribution in [-0.2, 0) is 9.47 Å². The lowest BCUT2D eigenvalue weighted by Crippen LogP contribution is -2.49. The van der Waals surface area contributed by atoms with Gasteiger partial charge in [0.1, 0.15) is 5.84 Å². The summed E-state index contributed by atoms with van der Waals surface area (Å²) < 4.78 is 11.5. The van der Waals surface area contributed by atoms with Crippen LogP contribution in [0.1, 0.15) is 32.6 Å². The van der Waals surface area contributed by atoms with E-state index in [9.17, 15) is 0 Å². The Morgan fingerprint density at radius 2 is 2.37 bits per heavy atom. The summed E-state index contributed by atoms with van der Waals surface area (Å²) >= 11 is 0. The van der Waals surface area contributed by atoms with Crippen LogP contribution in [0.2, 0.25) is 0 Å². The predicted octanol–water partition coefficient (Wildman–Crippen LogP) is 0.783. The summed E-state index contributed by atoms with van der Waals surface area (Å²) in [6.07, 6.45) is 3.68. The summed E-state index contributed by atoms with van der Waals surface area (Å²) in [5.41, 5.74) is 5.49. The SMILES string of the molecule is CCN(CCC(N)=NO)C1CCOC2(CCOC2)C1. The van der Waals surface area contributed by atoms with E-state index in [1.807, 2.05) is 0 Å². The molecule has 2 heterocycles. The lowest BCUT2D eigenvalue weighted by molar-refractivity contribution is -0.105. The smallest absolute Gasteiger partial charge is 0.140 e. The molecule has 0 bridgehead atoms. The Kier molecular flexibility index (Phi) is 5.01. The highest BCUT2D eigenvalue weighted by Crippen LogP contribution is 2.34. The van der Waals surface area contributed by atoms with Gasteiger partial charge >= 0.3 is 0 Å². The molecule has 6 nitrogen and oxygen atoms in total. The van der Waals surface area contributed by atoms with Crippen LogP contribution in [0.15, 0.2) is 5.16 Å². The second-order valence-electron chi connectivity index (χ2n) is 5.45. The first-order chi connectivity index (χ1) is 9.19. The van der Waals surface area contributed by atoms with Crippen LogP contribution in [0.3, 0.4) is 0 Å². The van der Waals surface area contributed by atoms with Crippen LogP contribution in [0.25, 0.3) is 0 Å². The predicted molar refractivity (Wildman–Crippen MR) is 72.4 cm³/mol. The summed E-state index contributed by atoms with van der Waals surface area (Å²) in [7, 11) is 0. The topological polar surface area (TPSA) is 80.3 Å². The van der Waals surface area contributed by atoms with Crippen LogP contribution < -0.4 is 5.73 Å². The van der Waals surface area contributed by atoms with Gasteiger partial charge in [-0.25, -0.2) is 0 Å². The second kappa shape index (κ2) is 6.54. The van der Waals surface area contributed by atoms with Gasteiger partial charge in [0.2, 0.25) is 0 Å². The van der Waals surface area contributed by atoms with Crippen molar-refractivity contribution in [1.29, 1.82) is 0 Å². The molecule has 19 heavy (non-hydrogen) atoms. The maximum Gasteiger partial charge on any atom is 0.140 e. The Morgan fingerprint density at radius 1 is 1.53 bits per heavy atom. The Balaban J connectivity index is 1.90. The van der Waals surface area contributed by atoms with E-state index >= 15 is 0 Å². The fraction of sp³-hybridized carbons (Fsp3) is 0.923. The molecule has 6 heteroatoms. The minimum Gasteiger partial charge on any atom is -0.409 e. The molecule has 0 saturated carbocycles. The number of hydrogen-bond donors (Lipinski definition) is 2. The average molecular weight is 271 g/mol. The van der Waals surface area contributed by atoms with Gasteiger partial charge in [-0.2, -0.15) is 0 Å². The molecule has 2 unspecified atom stereocenters. The molecule has 2 atom stereocenters. The molecule has 2 saturated heterocycles. The largest absolute Gasteiger partial charge is 0.409 e. The van der Waals surface area contributed by atoms with Crippen LogP contribution in [0.5, 0.6) is 0 Å². The number of oxime groups is 1. The highest BCUT2D eigenvalue weighted by atomic mass is 16.6. The van der Waals surface area contributed by atoms with E-state index in [1.165, 1.54) is 0 Å². The molecular weight excluding hydrogens is 246 g/mol. The van der Waals surface area contributed by atoms with Crippen molar-refractivity contribution in [1.82, 2.24) is 4.90 Å². The van der Waals surface area contributed by atoms with E-state index in [4.69, 9.17) is 20.4 Å². The van der Waals surface area contributed by atoms with Crippen LogP contribution in [0, 0.1) is 0 Å². The van der Waals surface area contributed by atoms with Gasteiger partial charge in [-0.3, -0.25) is 0 Å². The molecule has 0 aromatic heterocycles. The molecule has 0 radical (unpaired) electrons. The molecule has 0 aliphatic carbocycles. The van der Waals surface area contributed by atoms with Crippen molar-refractivity contribution in [3.63, 3.8) is 0 Å². The average Bonchev–Trinajstić information content (AvgIpc) is 2.87. The number of nitrogens with zero attached hydrogens (tertiary/aromatic N) is 2. The Hall–Kier alpha value is -0.850. The van der Waals surface area contributed by atoms with Crippen molar-refractivity contribution < 1.29 is 14.7 Å². The first-order valence-electron chi connectivity index (χ1n) is 7.11. The monoisotopic (exact) mass is 271 g/mol. The van der Waals surface area contributed by atoms with Gasteiger partial charge in [0, 0.05) is 38.6 Å². The van der Waals surface area contributed by atoms with Crippen molar-refractivity contribution in [3.8, 4) is 0 Å². The van der Waals surface area contributed by atoms with Crippen molar-refractivity contribution >= 4 is 5.84 Å². The molecular formula is C13H25N3O3. The zero-order chi connectivity index (χ0) is 13.7. The van der Waals surface area contributed by atoms with Crippen LogP contribution >= 0.6 is 0 Å². The third-order valence-electron chi connectivity index (χ3n) is 4.24. The van der Waals surface area contributed by atoms with Crippen molar-refractivity contribution in [2.45, 2.75) is 44.2 Å². The Morgan fingerprint density at radius 3 is 3.00 bits per heavy atom. The second-order valence-corrected chi connectivity index (χ2v) is 5.45. The van der Waals surface area contributed by atoms with Crippen LogP contribution in [0.4, 0.5) is 0 Å². The lowest BCUT2D eigenvalue weighted by Gasteiger charge is -2.42. The standard InChI is InChI=1S/C13H25N3O3/c1-2-16(6-3-12(14)15-17)11-4-7-19-13(9-11)5-8-18-10-13/h11,17H,2-10H2,1H3,(H2,14,15). The fourth-order valence-electron chi connectivity index (χ4n) is 3.08. The van der Waals surface area contributed by atoms with E-state index in [-0.39, 0.29) is 5.60 Å². The lowest BCUT2D eigenvalue weighted by atomic mass is 9.88. The van der Waals surface area contributed by atoms with Gasteiger partial charge < -0.3 is 25.3 Å². The molecule has 110 valence electrons. The quantitative estimate of drug-likeness (QED) is 0.334. The third-order valence-corrected chi connectivity index (χ3v) is 4.24. The Labute approximate surface area is 114 Å². The summed E-state index contributed by atoms with van der Waals surface area (Å²) in [5, 5.41) is 11.6. The zero-order valence-corrected chi connectivity index (χ0v) is 11.7. The van der Waals surface area contributed by atoms with Gasteiger partial charge in [0.15, 0.2) is 0 Å². The minimum atomic E-state index is -0.0626. The van der Waals surface area contributed by atoms with Crippen molar-refractivity contribution in [3.05, 3.63) is 0 Å². The highest BCUT2D eigenvalue weighted by molar-refractivity contribution is 5.79. The summed E-state index contributed by atoms with van der Waals surface area (Å²) in [6.45, 7) is 6.28. The number of rotatable bonds is 5. The summed E-state index contributed by atoms with van der Waals surface area (Å²) in [4.78, 5) is 2.40. The van der Waals surface area contributed by atoms with E-state index in [2.05, 4.69) is 17.0 Å². The van der Waals surface area contributed by atoms with E-state index in [0.29, 0.717) is 18.3 Å². The van der Waals surface area contributed by atoms with E-state index in [0.717, 1.165) is 52.2 Å². The first-order valence-corrected chi connectivity index (χ1v) is 7.11. The summed E-state index contributed by atoms with van der Waals surface area (Å²) in [5.74, 6) is 0.296. The van der Waals surface area contributed by atoms with Gasteiger partial charge in [0.05, 0.1) is 12.2 Å². The van der Waals surface area contributed by atoms with Crippen molar-refractivity contribution in [2.24, 2.45) is 10.9 Å². The molecule has 2 aliphatic heterocycles. The molecule has 2 rings (SSSR count). The molecule has 0 amide bonds. The molecule has 0 aromatic carbocycles. The van der Waals surface area contributed by atoms with Crippen LogP contribution in [-0.4, -0.2) is 60.5 Å². The normalized spacial score (nSPS) is 32.3. The third kappa shape index (κ3) is 3.58. The summed E-state index contributed by atoms with van der Waals surface area (Å²) in [6, 6.07) is 0.506. The molecule has 2 fully saturated rings. The van der Waals surface area contributed by atoms with Gasteiger partial charge in [-0.1, -0.05) is 12.1 Å². The van der Waals surface area contributed by atoms with E-state index < -0.39 is 0 Å². The highest BCUT2D eigenvalue weighted by Gasteiger charge is 2.42. The molecule has 2 aliphatic rings. The molecule has 3 N–H and O–H groups in total. The van der Waals surface area contributed by atoms with Gasteiger partial charge in [0.25, 0.3) is 0 Å². The zero-order valence-electron chi connectivity index (χ0n) is 11.7. The number of nitrogens with two attached hydrogens (primary N) is 1. The maximum atomic E-state index is 8.61. The number of hydrogen-bond acceptors (Lipinski definition) is 5. The number of ether oxygens (including phenoxy) is 2. The van der Waals surface area contributed by atoms with Gasteiger partial charge in [-0.05, 0) is 19.4 Å². The minimum absolute atomic E-state index is 0.0626. The van der Waals surface area contributed by atoms with E-state index in [1.54, 1.807) is 0 Å². The molecule has 1 spiro atoms. The first kappa shape index (κ1) is 14.6. The van der Waals surface area contributed by atoms with Gasteiger partial charge in [-0.15, -0.1) is 0 Å².